The number of ether oxygens (including phenoxy) is 9. The fourth-order valence-corrected chi connectivity index (χ4v) is 16.9. The maximum Gasteiger partial charge on any atom is 0.316 e. The first-order valence-corrected chi connectivity index (χ1v) is 27.4. The van der Waals surface area contributed by atoms with Gasteiger partial charge in [0.25, 0.3) is 0 Å². The summed E-state index contributed by atoms with van der Waals surface area (Å²) in [6.45, 7) is 13.9. The lowest BCUT2D eigenvalue weighted by molar-refractivity contribution is -0.401. The van der Waals surface area contributed by atoms with E-state index in [2.05, 4.69) is 34.6 Å². The minimum Gasteiger partial charge on any atom is -0.455 e. The molecule has 0 aromatic rings. The van der Waals surface area contributed by atoms with Crippen molar-refractivity contribution in [3.05, 3.63) is 11.1 Å². The Morgan fingerprint density at radius 2 is 1.16 bits per heavy atom. The van der Waals surface area contributed by atoms with Gasteiger partial charge < -0.3 is 109 Å². The lowest BCUT2D eigenvalue weighted by atomic mass is 9.33. The van der Waals surface area contributed by atoms with Crippen molar-refractivity contribution in [1.82, 2.24) is 0 Å². The average Bonchev–Trinajstić information content (AvgIpc) is 3.56. The summed E-state index contributed by atoms with van der Waals surface area (Å²) in [4.78, 5) is 13.9. The molecule has 29 atom stereocenters. The first-order valence-electron chi connectivity index (χ1n) is 27.4. The molecule has 0 amide bonds. The summed E-state index contributed by atoms with van der Waals surface area (Å²) in [5, 5.41) is 144. The van der Waals surface area contributed by atoms with E-state index in [1.165, 1.54) is 6.92 Å². The van der Waals surface area contributed by atoms with Gasteiger partial charge in [-0.2, -0.15) is 0 Å². The van der Waals surface area contributed by atoms with Crippen molar-refractivity contribution in [2.45, 2.75) is 253 Å². The Labute approximate surface area is 441 Å². The molecule has 10 fully saturated rings. The second-order valence-electron chi connectivity index (χ2n) is 25.9. The van der Waals surface area contributed by atoms with E-state index in [1.807, 2.05) is 6.92 Å². The van der Waals surface area contributed by atoms with Gasteiger partial charge >= 0.3 is 5.97 Å². The van der Waals surface area contributed by atoms with Crippen LogP contribution in [0.25, 0.3) is 0 Å². The van der Waals surface area contributed by atoms with Crippen LogP contribution >= 0.6 is 0 Å². The molecular weight excluding hydrogens is 1000 g/mol. The first-order chi connectivity index (χ1) is 35.5. The molecule has 0 unspecified atom stereocenters. The van der Waals surface area contributed by atoms with Gasteiger partial charge in [0.1, 0.15) is 96.7 Å². The number of fused-ring (bicyclic) bond motifs is 7. The van der Waals surface area contributed by atoms with Crippen LogP contribution in [0.5, 0.6) is 0 Å². The van der Waals surface area contributed by atoms with Crippen molar-refractivity contribution in [3.63, 3.8) is 0 Å². The van der Waals surface area contributed by atoms with Gasteiger partial charge in [-0.3, -0.25) is 4.79 Å². The number of hydrogen-bond donors (Lipinski definition) is 13. The second kappa shape index (κ2) is 19.8. The molecule has 6 heterocycles. The van der Waals surface area contributed by atoms with Crippen molar-refractivity contribution in [3.8, 4) is 0 Å². The fourth-order valence-electron chi connectivity index (χ4n) is 16.9. The van der Waals surface area contributed by atoms with E-state index in [-0.39, 0.29) is 17.8 Å². The predicted octanol–water partition coefficient (Wildman–Crippen LogP) is -2.12. The Bertz CT molecular complexity index is 2200. The Kier molecular flexibility index (Phi) is 15.0. The number of rotatable bonds is 10. The summed E-state index contributed by atoms with van der Waals surface area (Å²) >= 11 is 0. The Morgan fingerprint density at radius 1 is 0.579 bits per heavy atom. The van der Waals surface area contributed by atoms with Gasteiger partial charge in [-0.1, -0.05) is 40.2 Å². The zero-order chi connectivity index (χ0) is 55.4. The molecule has 6 aliphatic heterocycles. The van der Waals surface area contributed by atoms with Gasteiger partial charge in [-0.15, -0.1) is 0 Å². The molecule has 434 valence electrons. The van der Waals surface area contributed by atoms with Gasteiger partial charge in [0.15, 0.2) is 25.2 Å². The Balaban J connectivity index is 0.946. The molecule has 0 radical (unpaired) electrons. The zero-order valence-corrected chi connectivity index (χ0v) is 44.7. The Morgan fingerprint density at radius 3 is 1.80 bits per heavy atom. The van der Waals surface area contributed by atoms with E-state index in [9.17, 15) is 71.2 Å². The molecule has 23 heteroatoms. The van der Waals surface area contributed by atoms with Crippen LogP contribution in [-0.4, -0.2) is 232 Å². The summed E-state index contributed by atoms with van der Waals surface area (Å²) in [5.41, 5.74) is -3.72. The monoisotopic (exact) mass is 1090 g/mol. The molecule has 0 aromatic heterocycles. The van der Waals surface area contributed by atoms with Crippen molar-refractivity contribution in [1.29, 1.82) is 0 Å². The molecule has 76 heavy (non-hydrogen) atoms. The van der Waals surface area contributed by atoms with Crippen LogP contribution in [0, 0.1) is 38.9 Å². The highest BCUT2D eigenvalue weighted by atomic mass is 16.8. The largest absolute Gasteiger partial charge is 0.455 e. The van der Waals surface area contributed by atoms with Gasteiger partial charge in [0, 0.05) is 0 Å². The summed E-state index contributed by atoms with van der Waals surface area (Å²) in [7, 11) is 0. The number of carbonyl (C=O) groups is 1. The quantitative estimate of drug-likeness (QED) is 0.0632. The average molecular weight is 1090 g/mol. The number of carbonyl (C=O) groups excluding carboxylic acids is 1. The van der Waals surface area contributed by atoms with E-state index in [4.69, 9.17) is 42.6 Å². The molecule has 1 spiro atoms. The van der Waals surface area contributed by atoms with Crippen LogP contribution in [0.4, 0.5) is 0 Å². The number of aliphatic hydroxyl groups is 13. The molecule has 11 aliphatic rings. The molecule has 13 N–H and O–H groups in total. The molecule has 2 bridgehead atoms. The van der Waals surface area contributed by atoms with Crippen LogP contribution in [0.1, 0.15) is 113 Å². The third-order valence-electron chi connectivity index (χ3n) is 21.7. The SMILES string of the molecule is C[C@@H]1O[C@@H](O[C@H]2[C@H](O[C@H]3CC[C@]4(C)[C@H]5[C@@H](O)CC6=C7[C@]8(CC[C@](C)(OC8=O)[C@]7(C)O)CC[C@@]6(C)[C@]5(C)CC[C@H]4C3(C)C)OC[C@H](O)[C@@H]2O[C@@H]2O[C@H](CO)[C@@H](O)[C@H](O)[C@H]2O[C@@H]2O[C@H](CO)[C@@H](O)[C@H](O)[C@H]2O)[C@H](O)[C@H](O)[C@H]1O. The van der Waals surface area contributed by atoms with Gasteiger partial charge in [0.2, 0.25) is 0 Å². The minimum atomic E-state index is -1.97. The highest BCUT2D eigenvalue weighted by molar-refractivity contribution is 5.86. The second-order valence-corrected chi connectivity index (χ2v) is 25.9. The van der Waals surface area contributed by atoms with Crippen LogP contribution < -0.4 is 0 Å². The third kappa shape index (κ3) is 8.33. The van der Waals surface area contributed by atoms with Crippen molar-refractivity contribution < 1.29 is 114 Å². The number of aliphatic hydroxyl groups excluding tert-OH is 12. The van der Waals surface area contributed by atoms with E-state index >= 15 is 0 Å². The van der Waals surface area contributed by atoms with Crippen LogP contribution in [0.2, 0.25) is 0 Å². The molecule has 11 rings (SSSR count). The van der Waals surface area contributed by atoms with Gasteiger partial charge in [-0.05, 0) is 118 Å². The van der Waals surface area contributed by atoms with Crippen LogP contribution in [0.15, 0.2) is 11.1 Å². The van der Waals surface area contributed by atoms with Crippen molar-refractivity contribution in [2.75, 3.05) is 19.8 Å². The Hall–Kier alpha value is -1.63. The fraction of sp³-hybridized carbons (Fsp3) is 0.943. The molecule has 23 nitrogen and oxygen atoms in total. The molecule has 0 aromatic carbocycles. The first kappa shape index (κ1) is 57.6. The van der Waals surface area contributed by atoms with Crippen molar-refractivity contribution in [2.24, 2.45) is 38.9 Å². The van der Waals surface area contributed by atoms with Crippen LogP contribution in [-0.2, 0) is 47.4 Å². The molecule has 5 aliphatic carbocycles. The maximum absolute atomic E-state index is 13.9. The third-order valence-corrected chi connectivity index (χ3v) is 21.7. The van der Waals surface area contributed by atoms with Crippen molar-refractivity contribution >= 4 is 5.97 Å². The highest BCUT2D eigenvalue weighted by Gasteiger charge is 2.75. The maximum atomic E-state index is 13.9. The molecular formula is C53H84O23. The minimum absolute atomic E-state index is 0.0530. The topological polar surface area (TPSA) is 363 Å². The van der Waals surface area contributed by atoms with Gasteiger partial charge in [0.05, 0.1) is 43.5 Å². The standard InChI is InChI=1S/C53H84O23/c1-21-29(58)32(61)35(64)42(69-21)75-39-37(73-45-38(34(63)31(60)26(19-55)71-45)74-43-36(65)33(62)30(59)25(18-54)70-43)24(57)20-68-44(39)72-28-10-11-48(4)27(47(28,2)3)9-12-50(6)41(48)23(56)17-22-40-52(8,67)51(7)14-16-53(40,46(66)76-51)15-13-49(22,50)5/h21,23-39,41-45,54-65,67H,9-20H2,1-8H3/t21-,23-,24-,25+,26+,27-,28-,29-,30+,31+,32+,33-,34-,35+,36+,37-,38+,39+,41+,42-,43-,44-,45-,48-,49+,50+,51-,52+,53+/m0/s1. The lowest BCUT2D eigenvalue weighted by Gasteiger charge is -2.73. The smallest absolute Gasteiger partial charge is 0.316 e. The lowest BCUT2D eigenvalue weighted by Crippen LogP contribution is -2.72. The number of esters is 1. The van der Waals surface area contributed by atoms with Gasteiger partial charge in [-0.25, -0.2) is 0 Å². The summed E-state index contributed by atoms with van der Waals surface area (Å²) in [6.07, 6.45) is -28.4. The van der Waals surface area contributed by atoms with E-state index < -0.39 is 187 Å². The summed E-state index contributed by atoms with van der Waals surface area (Å²) in [6, 6.07) is 0. The predicted molar refractivity (Wildman–Crippen MR) is 256 cm³/mol. The summed E-state index contributed by atoms with van der Waals surface area (Å²) < 4.78 is 55.5. The normalized spacial score (nSPS) is 57.0. The molecule has 4 saturated carbocycles. The molecule has 6 saturated heterocycles. The van der Waals surface area contributed by atoms with E-state index in [0.29, 0.717) is 44.9 Å². The summed E-state index contributed by atoms with van der Waals surface area (Å²) in [5.74, 6) is -0.543. The van der Waals surface area contributed by atoms with E-state index in [1.54, 1.807) is 6.92 Å². The van der Waals surface area contributed by atoms with E-state index in [0.717, 1.165) is 24.0 Å². The zero-order valence-electron chi connectivity index (χ0n) is 44.7. The van der Waals surface area contributed by atoms with Crippen LogP contribution in [0.3, 0.4) is 0 Å². The number of hydrogen-bond acceptors (Lipinski definition) is 23. The highest BCUT2D eigenvalue weighted by Crippen LogP contribution is 2.77.